The van der Waals surface area contributed by atoms with Crippen LogP contribution in [0.1, 0.15) is 69.8 Å². The van der Waals surface area contributed by atoms with Gasteiger partial charge in [-0.3, -0.25) is 4.68 Å². The van der Waals surface area contributed by atoms with Crippen LogP contribution in [0.2, 0.25) is 0 Å². The van der Waals surface area contributed by atoms with E-state index in [-0.39, 0.29) is 12.0 Å². The summed E-state index contributed by atoms with van der Waals surface area (Å²) in [5, 5.41) is 3.77. The minimum Gasteiger partial charge on any atom is -0.266 e. The van der Waals surface area contributed by atoms with Gasteiger partial charge < -0.3 is 0 Å². The number of rotatable bonds is 2. The van der Waals surface area contributed by atoms with E-state index >= 15 is 0 Å². The molecule has 19 heavy (non-hydrogen) atoms. The highest BCUT2D eigenvalue weighted by atomic mass is 19.4. The predicted octanol–water partition coefficient (Wildman–Crippen LogP) is 4.78. The molecular formula is C14H21F3N2. The predicted molar refractivity (Wildman–Crippen MR) is 68.0 cm³/mol. The summed E-state index contributed by atoms with van der Waals surface area (Å²) >= 11 is 0. The molecule has 0 N–H and O–H groups in total. The Morgan fingerprint density at radius 1 is 1.21 bits per heavy atom. The first-order valence-corrected chi connectivity index (χ1v) is 6.95. The number of halogens is 3. The van der Waals surface area contributed by atoms with Gasteiger partial charge >= 0.3 is 6.18 Å². The molecule has 0 aromatic carbocycles. The maximum absolute atomic E-state index is 12.8. The van der Waals surface area contributed by atoms with Crippen molar-refractivity contribution in [2.45, 2.75) is 64.6 Å². The van der Waals surface area contributed by atoms with E-state index in [9.17, 15) is 13.2 Å². The number of hydrogen-bond donors (Lipinski definition) is 0. The van der Waals surface area contributed by atoms with Gasteiger partial charge in [-0.25, -0.2) is 0 Å². The van der Waals surface area contributed by atoms with Gasteiger partial charge in [0.25, 0.3) is 0 Å². The normalized spacial score (nSPS) is 25.0. The summed E-state index contributed by atoms with van der Waals surface area (Å²) in [5.74, 6) is 0.913. The van der Waals surface area contributed by atoms with Gasteiger partial charge in [0.2, 0.25) is 0 Å². The molecule has 1 aliphatic rings. The molecule has 0 aliphatic heterocycles. The molecule has 0 bridgehead atoms. The average molecular weight is 274 g/mol. The van der Waals surface area contributed by atoms with E-state index in [0.717, 1.165) is 31.4 Å². The van der Waals surface area contributed by atoms with Crippen LogP contribution in [0.5, 0.6) is 0 Å². The van der Waals surface area contributed by atoms with Gasteiger partial charge in [0.15, 0.2) is 5.69 Å². The Balaban J connectivity index is 2.30. The van der Waals surface area contributed by atoms with Crippen molar-refractivity contribution in [3.63, 3.8) is 0 Å². The Morgan fingerprint density at radius 2 is 1.79 bits per heavy atom. The lowest BCUT2D eigenvalue weighted by atomic mass is 9.81. The van der Waals surface area contributed by atoms with Gasteiger partial charge in [0.1, 0.15) is 0 Å². The van der Waals surface area contributed by atoms with Gasteiger partial charge in [0.05, 0.1) is 0 Å². The van der Waals surface area contributed by atoms with E-state index in [1.54, 1.807) is 4.68 Å². The van der Waals surface area contributed by atoms with E-state index < -0.39 is 11.9 Å². The van der Waals surface area contributed by atoms with Crippen LogP contribution in [0.25, 0.3) is 0 Å². The first-order valence-electron chi connectivity index (χ1n) is 6.95. The zero-order valence-corrected chi connectivity index (χ0v) is 11.7. The number of aromatic nitrogens is 2. The highest BCUT2D eigenvalue weighted by Crippen LogP contribution is 2.38. The summed E-state index contributed by atoms with van der Waals surface area (Å²) in [6, 6.07) is 1.21. The quantitative estimate of drug-likeness (QED) is 0.759. The minimum absolute atomic E-state index is 0.0366. The van der Waals surface area contributed by atoms with Crippen molar-refractivity contribution in [3.8, 4) is 0 Å². The molecule has 2 nitrogen and oxygen atoms in total. The lowest BCUT2D eigenvalue weighted by Gasteiger charge is -2.27. The number of nitrogens with zero attached hydrogens (tertiary/aromatic N) is 2. The van der Waals surface area contributed by atoms with E-state index in [1.807, 2.05) is 13.8 Å². The summed E-state index contributed by atoms with van der Waals surface area (Å²) in [6.45, 7) is 5.96. The standard InChI is InChI=1S/C14H21F3N2/c1-9(2)19-12(8-13(18-19)14(15,16)17)11-6-4-10(3)5-7-11/h8-11H,4-7H2,1-3H3. The monoisotopic (exact) mass is 274 g/mol. The largest absolute Gasteiger partial charge is 0.435 e. The fourth-order valence-electron chi connectivity index (χ4n) is 2.82. The fourth-order valence-corrected chi connectivity index (χ4v) is 2.82. The zero-order valence-electron chi connectivity index (χ0n) is 11.7. The fraction of sp³-hybridized carbons (Fsp3) is 0.786. The smallest absolute Gasteiger partial charge is 0.266 e. The lowest BCUT2D eigenvalue weighted by molar-refractivity contribution is -0.141. The van der Waals surface area contributed by atoms with E-state index in [0.29, 0.717) is 5.92 Å². The molecular weight excluding hydrogens is 253 g/mol. The molecule has 1 heterocycles. The van der Waals surface area contributed by atoms with Crippen molar-refractivity contribution < 1.29 is 13.2 Å². The summed E-state index contributed by atoms with van der Waals surface area (Å²) in [7, 11) is 0. The van der Waals surface area contributed by atoms with E-state index in [1.165, 1.54) is 6.07 Å². The molecule has 0 amide bonds. The number of alkyl halides is 3. The van der Waals surface area contributed by atoms with Crippen LogP contribution in [0.4, 0.5) is 13.2 Å². The maximum Gasteiger partial charge on any atom is 0.435 e. The Kier molecular flexibility index (Phi) is 3.92. The topological polar surface area (TPSA) is 17.8 Å². The molecule has 0 saturated heterocycles. The maximum atomic E-state index is 12.8. The highest BCUT2D eigenvalue weighted by molar-refractivity contribution is 5.18. The van der Waals surface area contributed by atoms with Gasteiger partial charge in [-0.15, -0.1) is 0 Å². The van der Waals surface area contributed by atoms with Crippen molar-refractivity contribution in [2.24, 2.45) is 5.92 Å². The molecule has 0 radical (unpaired) electrons. The molecule has 0 spiro atoms. The molecule has 2 rings (SSSR count). The van der Waals surface area contributed by atoms with Crippen molar-refractivity contribution in [1.29, 1.82) is 0 Å². The van der Waals surface area contributed by atoms with Gasteiger partial charge in [-0.2, -0.15) is 18.3 Å². The Labute approximate surface area is 112 Å². The highest BCUT2D eigenvalue weighted by Gasteiger charge is 2.36. The van der Waals surface area contributed by atoms with Gasteiger partial charge in [0, 0.05) is 17.7 Å². The Morgan fingerprint density at radius 3 is 2.26 bits per heavy atom. The second-order valence-corrected chi connectivity index (χ2v) is 5.95. The first-order chi connectivity index (χ1) is 8.79. The van der Waals surface area contributed by atoms with E-state index in [2.05, 4.69) is 12.0 Å². The summed E-state index contributed by atoms with van der Waals surface area (Å²) in [6.07, 6.45) is -0.227. The van der Waals surface area contributed by atoms with Crippen LogP contribution in [0.15, 0.2) is 6.07 Å². The molecule has 1 aliphatic carbocycles. The average Bonchev–Trinajstić information content (AvgIpc) is 2.74. The van der Waals surface area contributed by atoms with Crippen LogP contribution in [0.3, 0.4) is 0 Å². The van der Waals surface area contributed by atoms with Crippen molar-refractivity contribution in [2.75, 3.05) is 0 Å². The Hall–Kier alpha value is -1.00. The summed E-state index contributed by atoms with van der Waals surface area (Å²) in [4.78, 5) is 0. The van der Waals surface area contributed by atoms with Crippen LogP contribution in [-0.2, 0) is 6.18 Å². The molecule has 5 heteroatoms. The molecule has 0 unspecified atom stereocenters. The molecule has 1 fully saturated rings. The summed E-state index contributed by atoms with van der Waals surface area (Å²) in [5.41, 5.74) is 0.00375. The minimum atomic E-state index is -4.35. The third kappa shape index (κ3) is 3.12. The molecule has 1 saturated carbocycles. The van der Waals surface area contributed by atoms with Crippen LogP contribution < -0.4 is 0 Å². The van der Waals surface area contributed by atoms with Gasteiger partial charge in [-0.05, 0) is 38.7 Å². The van der Waals surface area contributed by atoms with Crippen LogP contribution in [0, 0.1) is 5.92 Å². The second kappa shape index (κ2) is 5.17. The third-order valence-corrected chi connectivity index (χ3v) is 3.98. The summed E-state index contributed by atoms with van der Waals surface area (Å²) < 4.78 is 40.0. The lowest BCUT2D eigenvalue weighted by Crippen LogP contribution is -2.16. The van der Waals surface area contributed by atoms with Crippen molar-refractivity contribution in [3.05, 3.63) is 17.5 Å². The third-order valence-electron chi connectivity index (χ3n) is 3.98. The first kappa shape index (κ1) is 14.4. The number of hydrogen-bond acceptors (Lipinski definition) is 1. The SMILES string of the molecule is CC1CCC(c2cc(C(F)(F)F)nn2C(C)C)CC1. The van der Waals surface area contributed by atoms with Crippen LogP contribution in [-0.4, -0.2) is 9.78 Å². The van der Waals surface area contributed by atoms with Crippen LogP contribution >= 0.6 is 0 Å². The van der Waals surface area contributed by atoms with E-state index in [4.69, 9.17) is 0 Å². The molecule has 0 atom stereocenters. The molecule has 1 aromatic heterocycles. The zero-order chi connectivity index (χ0) is 14.2. The van der Waals surface area contributed by atoms with Crippen molar-refractivity contribution in [1.82, 2.24) is 9.78 Å². The molecule has 1 aromatic rings. The second-order valence-electron chi connectivity index (χ2n) is 5.95. The Bertz CT molecular complexity index is 426. The molecule has 108 valence electrons. The van der Waals surface area contributed by atoms with Crippen molar-refractivity contribution >= 4 is 0 Å². The van der Waals surface area contributed by atoms with Gasteiger partial charge in [-0.1, -0.05) is 19.8 Å².